The van der Waals surface area contributed by atoms with Gasteiger partial charge in [-0.25, -0.2) is 0 Å². The molecule has 2 aromatic carbocycles. The predicted molar refractivity (Wildman–Crippen MR) is 108 cm³/mol. The van der Waals surface area contributed by atoms with E-state index >= 15 is 0 Å². The number of aromatic nitrogens is 2. The second-order valence-electron chi connectivity index (χ2n) is 7.33. The normalized spacial score (nSPS) is 18.6. The summed E-state index contributed by atoms with van der Waals surface area (Å²) >= 11 is 1.29. The highest BCUT2D eigenvalue weighted by Gasteiger charge is 2.23. The number of hydrogen-bond donors (Lipinski definition) is 0. The molecule has 0 radical (unpaired) electrons. The summed E-state index contributed by atoms with van der Waals surface area (Å²) < 4.78 is 8.66. The first kappa shape index (κ1) is 17.6. The number of rotatable bonds is 6. The molecular formula is C21H26N4S. The summed E-state index contributed by atoms with van der Waals surface area (Å²) in [6.45, 7) is 4.53. The van der Waals surface area contributed by atoms with E-state index in [-0.39, 0.29) is 0 Å². The van der Waals surface area contributed by atoms with Crippen LogP contribution in [-0.4, -0.2) is 51.3 Å². The maximum atomic E-state index is 4.37. The minimum Gasteiger partial charge on any atom is -0.301 e. The van der Waals surface area contributed by atoms with Crippen LogP contribution in [-0.2, 0) is 13.0 Å². The van der Waals surface area contributed by atoms with Gasteiger partial charge in [-0.15, -0.1) is 0 Å². The Balaban J connectivity index is 1.32. The molecule has 1 saturated heterocycles. The molecule has 26 heavy (non-hydrogen) atoms. The fourth-order valence-corrected chi connectivity index (χ4v) is 4.39. The summed E-state index contributed by atoms with van der Waals surface area (Å²) in [4.78, 5) is 5.14. The number of likely N-dealkylation sites (N-methyl/N-ethyl adjacent to an activating group) is 1. The molecule has 0 unspecified atom stereocenters. The van der Waals surface area contributed by atoms with Crippen molar-refractivity contribution >= 4 is 22.8 Å². The first-order valence-electron chi connectivity index (χ1n) is 9.46. The van der Waals surface area contributed by atoms with Crippen LogP contribution in [0.5, 0.6) is 0 Å². The van der Waals surface area contributed by atoms with E-state index in [2.05, 4.69) is 74.1 Å². The van der Waals surface area contributed by atoms with E-state index in [9.17, 15) is 0 Å². The second-order valence-corrected chi connectivity index (χ2v) is 7.86. The van der Waals surface area contributed by atoms with Crippen LogP contribution in [0.4, 0.5) is 0 Å². The van der Waals surface area contributed by atoms with Gasteiger partial charge in [0, 0.05) is 25.7 Å². The van der Waals surface area contributed by atoms with Crippen molar-refractivity contribution in [3.63, 3.8) is 0 Å². The second kappa shape index (κ2) is 8.25. The van der Waals surface area contributed by atoms with Gasteiger partial charge in [0.05, 0.1) is 11.7 Å². The summed E-state index contributed by atoms with van der Waals surface area (Å²) in [6, 6.07) is 17.9. The topological polar surface area (TPSA) is 32.3 Å². The van der Waals surface area contributed by atoms with Crippen LogP contribution in [0.15, 0.2) is 48.5 Å². The Kier molecular flexibility index (Phi) is 5.58. The van der Waals surface area contributed by atoms with Crippen LogP contribution in [0.3, 0.4) is 0 Å². The Hall–Kier alpha value is -1.82. The Bertz CT molecular complexity index is 832. The predicted octanol–water partition coefficient (Wildman–Crippen LogP) is 3.83. The van der Waals surface area contributed by atoms with Gasteiger partial charge in [-0.2, -0.15) is 8.75 Å². The van der Waals surface area contributed by atoms with Crippen LogP contribution >= 0.6 is 11.7 Å². The maximum absolute atomic E-state index is 4.37. The number of fused-ring (bicyclic) bond motifs is 1. The molecule has 1 atom stereocenters. The fourth-order valence-electron chi connectivity index (χ4n) is 3.87. The monoisotopic (exact) mass is 366 g/mol. The minimum atomic E-state index is 0.628. The largest absolute Gasteiger partial charge is 0.301 e. The van der Waals surface area contributed by atoms with Gasteiger partial charge >= 0.3 is 0 Å². The van der Waals surface area contributed by atoms with Crippen molar-refractivity contribution in [3.05, 3.63) is 59.7 Å². The summed E-state index contributed by atoms with van der Waals surface area (Å²) in [7, 11) is 2.26. The average molecular weight is 367 g/mol. The van der Waals surface area contributed by atoms with Crippen LogP contribution in [0.1, 0.15) is 24.0 Å². The summed E-state index contributed by atoms with van der Waals surface area (Å²) in [5.74, 6) is 0. The first-order chi connectivity index (χ1) is 12.8. The third-order valence-corrected chi connectivity index (χ3v) is 5.97. The van der Waals surface area contributed by atoms with E-state index in [1.165, 1.54) is 48.8 Å². The molecule has 0 amide bonds. The molecule has 136 valence electrons. The molecule has 1 aliphatic rings. The molecule has 0 N–H and O–H groups in total. The maximum Gasteiger partial charge on any atom is 0.105 e. The number of benzene rings is 2. The van der Waals surface area contributed by atoms with Gasteiger partial charge in [0.25, 0.3) is 0 Å². The van der Waals surface area contributed by atoms with Crippen LogP contribution in [0, 0.1) is 0 Å². The molecule has 2 heterocycles. The summed E-state index contributed by atoms with van der Waals surface area (Å²) in [5.41, 5.74) is 4.79. The summed E-state index contributed by atoms with van der Waals surface area (Å²) in [6.07, 6.45) is 3.72. The van der Waals surface area contributed by atoms with Crippen molar-refractivity contribution in [3.8, 4) is 0 Å². The van der Waals surface area contributed by atoms with E-state index in [0.29, 0.717) is 6.04 Å². The zero-order valence-corrected chi connectivity index (χ0v) is 16.2. The highest BCUT2D eigenvalue weighted by Crippen LogP contribution is 2.19. The van der Waals surface area contributed by atoms with Crippen LogP contribution < -0.4 is 0 Å². The first-order valence-corrected chi connectivity index (χ1v) is 10.2. The molecule has 1 aliphatic heterocycles. The van der Waals surface area contributed by atoms with Crippen molar-refractivity contribution in [1.29, 1.82) is 0 Å². The van der Waals surface area contributed by atoms with E-state index in [1.54, 1.807) is 0 Å². The Labute approximate surface area is 159 Å². The van der Waals surface area contributed by atoms with E-state index in [1.807, 2.05) is 0 Å². The molecule has 3 aromatic rings. The molecule has 4 nitrogen and oxygen atoms in total. The van der Waals surface area contributed by atoms with Gasteiger partial charge in [-0.3, -0.25) is 4.90 Å². The number of piperidine rings is 1. The smallest absolute Gasteiger partial charge is 0.105 e. The molecule has 0 aliphatic carbocycles. The molecular weight excluding hydrogens is 340 g/mol. The van der Waals surface area contributed by atoms with Crippen molar-refractivity contribution < 1.29 is 0 Å². The third-order valence-electron chi connectivity index (χ3n) is 5.41. The van der Waals surface area contributed by atoms with Gasteiger partial charge in [0.2, 0.25) is 0 Å². The molecule has 1 fully saturated rings. The molecule has 0 spiro atoms. The van der Waals surface area contributed by atoms with Gasteiger partial charge < -0.3 is 4.90 Å². The average Bonchev–Trinajstić information content (AvgIpc) is 3.15. The van der Waals surface area contributed by atoms with Crippen LogP contribution in [0.25, 0.3) is 11.0 Å². The molecule has 5 heteroatoms. The standard InChI is InChI=1S/C21H26N4S/c1-24(15-18-9-10-20-21(14-18)23-26-22-20)19-8-5-12-25(16-19)13-11-17-6-3-2-4-7-17/h2-4,6-7,9-10,14,19H,5,8,11-13,15-16H2,1H3/t19-/m0/s1. The van der Waals surface area contributed by atoms with Crippen LogP contribution in [0.2, 0.25) is 0 Å². The lowest BCUT2D eigenvalue weighted by Gasteiger charge is -2.37. The van der Waals surface area contributed by atoms with Gasteiger partial charge in [0.1, 0.15) is 11.0 Å². The van der Waals surface area contributed by atoms with Gasteiger partial charge in [-0.1, -0.05) is 36.4 Å². The Morgan fingerprint density at radius 3 is 2.81 bits per heavy atom. The lowest BCUT2D eigenvalue weighted by atomic mass is 10.0. The van der Waals surface area contributed by atoms with E-state index in [0.717, 1.165) is 30.5 Å². The van der Waals surface area contributed by atoms with Gasteiger partial charge in [0.15, 0.2) is 0 Å². The van der Waals surface area contributed by atoms with E-state index < -0.39 is 0 Å². The Morgan fingerprint density at radius 2 is 1.92 bits per heavy atom. The number of nitrogens with zero attached hydrogens (tertiary/aromatic N) is 4. The molecule has 4 rings (SSSR count). The van der Waals surface area contributed by atoms with Crippen molar-refractivity contribution in [1.82, 2.24) is 18.5 Å². The van der Waals surface area contributed by atoms with Crippen molar-refractivity contribution in [2.45, 2.75) is 31.8 Å². The summed E-state index contributed by atoms with van der Waals surface area (Å²) in [5, 5.41) is 0. The number of likely N-dealkylation sites (tertiary alicyclic amines) is 1. The lowest BCUT2D eigenvalue weighted by molar-refractivity contribution is 0.113. The zero-order valence-electron chi connectivity index (χ0n) is 15.3. The molecule has 1 aromatic heterocycles. The lowest BCUT2D eigenvalue weighted by Crippen LogP contribution is -2.46. The fraction of sp³-hybridized carbons (Fsp3) is 0.429. The van der Waals surface area contributed by atoms with Crippen molar-refractivity contribution in [2.24, 2.45) is 0 Å². The highest BCUT2D eigenvalue weighted by molar-refractivity contribution is 7.00. The highest BCUT2D eigenvalue weighted by atomic mass is 32.1. The minimum absolute atomic E-state index is 0.628. The van der Waals surface area contributed by atoms with E-state index in [4.69, 9.17) is 0 Å². The Morgan fingerprint density at radius 1 is 1.08 bits per heavy atom. The molecule has 0 bridgehead atoms. The SMILES string of the molecule is CN(Cc1ccc2nsnc2c1)[C@H]1CCCN(CCc2ccccc2)C1. The molecule has 0 saturated carbocycles. The van der Waals surface area contributed by atoms with Gasteiger partial charge in [-0.05, 0) is 56.1 Å². The number of hydrogen-bond acceptors (Lipinski definition) is 5. The quantitative estimate of drug-likeness (QED) is 0.664. The van der Waals surface area contributed by atoms with Crippen molar-refractivity contribution in [2.75, 3.05) is 26.7 Å². The zero-order chi connectivity index (χ0) is 17.8. The third kappa shape index (κ3) is 4.29.